The van der Waals surface area contributed by atoms with E-state index in [0.717, 1.165) is 22.4 Å². The third-order valence-electron chi connectivity index (χ3n) is 3.59. The van der Waals surface area contributed by atoms with Crippen molar-refractivity contribution in [2.75, 3.05) is 20.3 Å². The number of rotatable bonds is 4. The highest BCUT2D eigenvalue weighted by Gasteiger charge is 2.46. The Bertz CT molecular complexity index is 475. The highest BCUT2D eigenvalue weighted by molar-refractivity contribution is 5.76. The smallest absolute Gasteiger partial charge is 0.314 e. The van der Waals surface area contributed by atoms with Crippen LogP contribution in [0.25, 0.3) is 0 Å². The Morgan fingerprint density at radius 3 is 2.50 bits per heavy atom. The van der Waals surface area contributed by atoms with Crippen LogP contribution in [0, 0.1) is 19.3 Å². The molecule has 1 N–H and O–H groups in total. The van der Waals surface area contributed by atoms with Gasteiger partial charge >= 0.3 is 5.97 Å². The molecule has 1 aromatic carbocycles. The van der Waals surface area contributed by atoms with Gasteiger partial charge in [0.1, 0.15) is 11.2 Å². The van der Waals surface area contributed by atoms with E-state index in [1.807, 2.05) is 26.0 Å². The molecule has 1 fully saturated rings. The van der Waals surface area contributed by atoms with Gasteiger partial charge in [-0.3, -0.25) is 4.79 Å². The van der Waals surface area contributed by atoms with Crippen LogP contribution >= 0.6 is 0 Å². The van der Waals surface area contributed by atoms with Crippen molar-refractivity contribution in [1.82, 2.24) is 0 Å². The third-order valence-corrected chi connectivity index (χ3v) is 3.59. The van der Waals surface area contributed by atoms with Crippen LogP contribution in [0.3, 0.4) is 0 Å². The summed E-state index contributed by atoms with van der Waals surface area (Å²) in [5.74, 6) is 0.0621. The average molecular weight is 250 g/mol. The minimum absolute atomic E-state index is 0.298. The predicted molar refractivity (Wildman–Crippen MR) is 67.1 cm³/mol. The summed E-state index contributed by atoms with van der Waals surface area (Å²) in [5, 5.41) is 9.30. The van der Waals surface area contributed by atoms with Gasteiger partial charge in [-0.25, -0.2) is 0 Å². The van der Waals surface area contributed by atoms with E-state index in [9.17, 15) is 9.90 Å². The summed E-state index contributed by atoms with van der Waals surface area (Å²) < 4.78 is 10.3. The Morgan fingerprint density at radius 1 is 1.39 bits per heavy atom. The molecular formula is C14H18O4. The fraction of sp³-hybridized carbons (Fsp3) is 0.500. The van der Waals surface area contributed by atoms with Gasteiger partial charge < -0.3 is 14.6 Å². The van der Waals surface area contributed by atoms with Crippen molar-refractivity contribution in [2.24, 2.45) is 5.41 Å². The number of aryl methyl sites for hydroxylation is 2. The molecule has 0 aliphatic carbocycles. The molecule has 0 radical (unpaired) electrons. The second-order valence-corrected chi connectivity index (χ2v) is 5.00. The molecule has 0 saturated carbocycles. The Labute approximate surface area is 107 Å². The lowest BCUT2D eigenvalue weighted by molar-refractivity contribution is -0.179. The molecule has 2 rings (SSSR count). The number of carboxylic acids is 1. The predicted octanol–water partition coefficient (Wildman–Crippen LogP) is 1.96. The number of ether oxygens (including phenoxy) is 2. The summed E-state index contributed by atoms with van der Waals surface area (Å²) in [6.07, 6.45) is 0.513. The average Bonchev–Trinajstić information content (AvgIpc) is 2.26. The van der Waals surface area contributed by atoms with E-state index in [-0.39, 0.29) is 0 Å². The quantitative estimate of drug-likeness (QED) is 0.887. The Kier molecular flexibility index (Phi) is 3.30. The first kappa shape index (κ1) is 12.9. The maximum atomic E-state index is 11.3. The lowest BCUT2D eigenvalue weighted by Gasteiger charge is -2.37. The number of methoxy groups -OCH3 is 1. The van der Waals surface area contributed by atoms with Crippen LogP contribution in [0.1, 0.15) is 16.7 Å². The lowest BCUT2D eigenvalue weighted by Crippen LogP contribution is -2.50. The van der Waals surface area contributed by atoms with Gasteiger partial charge in [-0.05, 0) is 43.0 Å². The van der Waals surface area contributed by atoms with Crippen molar-refractivity contribution in [3.05, 3.63) is 28.8 Å². The first-order valence-corrected chi connectivity index (χ1v) is 5.94. The Hall–Kier alpha value is -1.55. The van der Waals surface area contributed by atoms with Crippen LogP contribution in [0.5, 0.6) is 5.75 Å². The van der Waals surface area contributed by atoms with Crippen LogP contribution in [0.15, 0.2) is 12.1 Å². The van der Waals surface area contributed by atoms with E-state index >= 15 is 0 Å². The highest BCUT2D eigenvalue weighted by Crippen LogP contribution is 2.34. The van der Waals surface area contributed by atoms with Crippen LogP contribution in [-0.4, -0.2) is 31.4 Å². The molecule has 18 heavy (non-hydrogen) atoms. The standard InChI is InChI=1S/C14H18O4/c1-9-5-12(17-3)10(2)4-11(9)6-14(13(15)16)7-18-8-14/h4-5H,6-8H2,1-3H3,(H,15,16). The largest absolute Gasteiger partial charge is 0.496 e. The molecule has 1 aliphatic rings. The van der Waals surface area contributed by atoms with Crippen LogP contribution in [0.4, 0.5) is 0 Å². The molecule has 98 valence electrons. The van der Waals surface area contributed by atoms with Crippen molar-refractivity contribution in [2.45, 2.75) is 20.3 Å². The van der Waals surface area contributed by atoms with E-state index in [1.54, 1.807) is 7.11 Å². The maximum absolute atomic E-state index is 11.3. The fourth-order valence-corrected chi connectivity index (χ4v) is 2.27. The van der Waals surface area contributed by atoms with Crippen molar-refractivity contribution < 1.29 is 19.4 Å². The summed E-state index contributed by atoms with van der Waals surface area (Å²) >= 11 is 0. The molecule has 1 saturated heterocycles. The van der Waals surface area contributed by atoms with E-state index in [2.05, 4.69) is 0 Å². The molecule has 0 spiro atoms. The van der Waals surface area contributed by atoms with E-state index in [1.165, 1.54) is 0 Å². The van der Waals surface area contributed by atoms with Gasteiger partial charge in [-0.2, -0.15) is 0 Å². The molecule has 0 aromatic heterocycles. The molecule has 1 aromatic rings. The van der Waals surface area contributed by atoms with Gasteiger partial charge in [0.05, 0.1) is 20.3 Å². The van der Waals surface area contributed by atoms with Crippen LogP contribution in [0.2, 0.25) is 0 Å². The fourth-order valence-electron chi connectivity index (χ4n) is 2.27. The molecule has 4 heteroatoms. The van der Waals surface area contributed by atoms with Crippen molar-refractivity contribution in [3.63, 3.8) is 0 Å². The van der Waals surface area contributed by atoms with Crippen molar-refractivity contribution in [1.29, 1.82) is 0 Å². The number of carboxylic acid groups (broad SMARTS) is 1. The van der Waals surface area contributed by atoms with Gasteiger partial charge in [0.15, 0.2) is 0 Å². The summed E-state index contributed by atoms with van der Waals surface area (Å²) in [4.78, 5) is 11.3. The first-order valence-electron chi connectivity index (χ1n) is 5.94. The molecule has 0 bridgehead atoms. The lowest BCUT2D eigenvalue weighted by atomic mass is 9.78. The van der Waals surface area contributed by atoms with Crippen molar-refractivity contribution in [3.8, 4) is 5.75 Å². The molecular weight excluding hydrogens is 232 g/mol. The normalized spacial score (nSPS) is 17.1. The summed E-state index contributed by atoms with van der Waals surface area (Å²) in [6, 6.07) is 3.97. The van der Waals surface area contributed by atoms with E-state index in [4.69, 9.17) is 9.47 Å². The zero-order valence-electron chi connectivity index (χ0n) is 10.9. The van der Waals surface area contributed by atoms with E-state index in [0.29, 0.717) is 19.6 Å². The number of aliphatic carboxylic acids is 1. The minimum atomic E-state index is -0.776. The number of benzene rings is 1. The number of carbonyl (C=O) groups is 1. The van der Waals surface area contributed by atoms with Gasteiger partial charge in [0.2, 0.25) is 0 Å². The molecule has 0 atom stereocenters. The number of hydrogen-bond donors (Lipinski definition) is 1. The minimum Gasteiger partial charge on any atom is -0.496 e. The second-order valence-electron chi connectivity index (χ2n) is 5.00. The van der Waals surface area contributed by atoms with Crippen LogP contribution < -0.4 is 4.74 Å². The maximum Gasteiger partial charge on any atom is 0.314 e. The van der Waals surface area contributed by atoms with Crippen LogP contribution in [-0.2, 0) is 16.0 Å². The monoisotopic (exact) mass is 250 g/mol. The van der Waals surface area contributed by atoms with Gasteiger partial charge in [-0.15, -0.1) is 0 Å². The second kappa shape index (κ2) is 4.61. The molecule has 0 amide bonds. The SMILES string of the molecule is COc1cc(C)c(CC2(C(=O)O)COC2)cc1C. The zero-order valence-corrected chi connectivity index (χ0v) is 10.9. The third kappa shape index (κ3) is 2.08. The Balaban J connectivity index is 2.29. The number of hydrogen-bond acceptors (Lipinski definition) is 3. The van der Waals surface area contributed by atoms with Crippen molar-refractivity contribution >= 4 is 5.97 Å². The molecule has 1 aliphatic heterocycles. The highest BCUT2D eigenvalue weighted by atomic mass is 16.5. The van der Waals surface area contributed by atoms with Gasteiger partial charge in [-0.1, -0.05) is 6.07 Å². The summed E-state index contributed by atoms with van der Waals surface area (Å²) in [6.45, 7) is 4.54. The topological polar surface area (TPSA) is 55.8 Å². The summed E-state index contributed by atoms with van der Waals surface area (Å²) in [5.41, 5.74) is 2.40. The molecule has 4 nitrogen and oxygen atoms in total. The first-order chi connectivity index (χ1) is 8.48. The van der Waals surface area contributed by atoms with E-state index < -0.39 is 11.4 Å². The zero-order chi connectivity index (χ0) is 13.3. The molecule has 0 unspecified atom stereocenters. The van der Waals surface area contributed by atoms with Gasteiger partial charge in [0.25, 0.3) is 0 Å². The summed E-state index contributed by atoms with van der Waals surface area (Å²) in [7, 11) is 1.64. The van der Waals surface area contributed by atoms with Gasteiger partial charge in [0, 0.05) is 0 Å². The Morgan fingerprint density at radius 2 is 2.06 bits per heavy atom. The molecule has 1 heterocycles.